The molecule has 4 heteroatoms. The summed E-state index contributed by atoms with van der Waals surface area (Å²) in [5.74, 6) is -0.523. The Balaban J connectivity index is 2.18. The van der Waals surface area contributed by atoms with Gasteiger partial charge < -0.3 is 10.2 Å². The van der Waals surface area contributed by atoms with E-state index < -0.39 is 5.97 Å². The van der Waals surface area contributed by atoms with Crippen molar-refractivity contribution in [2.75, 3.05) is 6.54 Å². The van der Waals surface area contributed by atoms with Gasteiger partial charge >= 0.3 is 5.97 Å². The fourth-order valence-electron chi connectivity index (χ4n) is 1.42. The molecule has 0 heterocycles. The average molecular weight is 235 g/mol. The summed E-state index contributed by atoms with van der Waals surface area (Å²) in [5, 5.41) is 17.9. The molecule has 0 saturated heterocycles. The third-order valence-electron chi connectivity index (χ3n) is 2.34. The maximum Gasteiger partial charge on any atom is 0.303 e. The van der Waals surface area contributed by atoms with E-state index >= 15 is 0 Å². The Morgan fingerprint density at radius 2 is 2.00 bits per heavy atom. The first-order chi connectivity index (χ1) is 8.20. The zero-order valence-electron chi connectivity index (χ0n) is 9.67. The van der Waals surface area contributed by atoms with Crippen LogP contribution < -0.4 is 0 Å². The molecule has 17 heavy (non-hydrogen) atoms. The van der Waals surface area contributed by atoms with Crippen LogP contribution in [0.15, 0.2) is 29.3 Å². The van der Waals surface area contributed by atoms with Crippen LogP contribution in [0.3, 0.4) is 0 Å². The summed E-state index contributed by atoms with van der Waals surface area (Å²) in [4.78, 5) is 14.4. The van der Waals surface area contributed by atoms with Crippen molar-refractivity contribution in [2.45, 2.75) is 25.7 Å². The van der Waals surface area contributed by atoms with Gasteiger partial charge in [0.25, 0.3) is 0 Å². The Hall–Kier alpha value is -1.84. The molecule has 4 nitrogen and oxygen atoms in total. The quantitative estimate of drug-likeness (QED) is 0.563. The molecule has 0 radical (unpaired) electrons. The van der Waals surface area contributed by atoms with Crippen LogP contribution in [0, 0.1) is 0 Å². The molecule has 0 atom stereocenters. The van der Waals surface area contributed by atoms with Crippen LogP contribution in [0.5, 0.6) is 5.75 Å². The number of phenols is 1. The number of hydrogen-bond acceptors (Lipinski definition) is 3. The molecule has 1 aromatic carbocycles. The van der Waals surface area contributed by atoms with E-state index in [4.69, 9.17) is 5.11 Å². The van der Waals surface area contributed by atoms with Crippen molar-refractivity contribution in [2.24, 2.45) is 4.99 Å². The van der Waals surface area contributed by atoms with E-state index in [0.29, 0.717) is 18.5 Å². The molecule has 92 valence electrons. The van der Waals surface area contributed by atoms with Gasteiger partial charge in [-0.3, -0.25) is 9.79 Å². The van der Waals surface area contributed by atoms with Crippen molar-refractivity contribution >= 4 is 12.2 Å². The fraction of sp³-hybridized carbons (Fsp3) is 0.385. The standard InChI is InChI=1S/C13H17NO3/c15-12-7-4-3-6-11(12)10-14-9-5-1-2-8-13(16)17/h3-4,6-7,10,15H,1-2,5,8-9H2,(H,16,17)/b14-10+. The number of para-hydroxylation sites is 1. The first-order valence-electron chi connectivity index (χ1n) is 5.70. The number of nitrogens with zero attached hydrogens (tertiary/aromatic N) is 1. The number of aliphatic carboxylic acids is 1. The van der Waals surface area contributed by atoms with Crippen LogP contribution in [-0.2, 0) is 4.79 Å². The highest BCUT2D eigenvalue weighted by Crippen LogP contribution is 2.12. The Kier molecular flexibility index (Phi) is 5.79. The molecule has 0 aromatic heterocycles. The van der Waals surface area contributed by atoms with Gasteiger partial charge in [-0.1, -0.05) is 18.6 Å². The molecule has 2 N–H and O–H groups in total. The number of unbranched alkanes of at least 4 members (excludes halogenated alkanes) is 2. The number of carboxylic acid groups (broad SMARTS) is 1. The molecule has 0 aliphatic carbocycles. The molecule has 0 spiro atoms. The minimum absolute atomic E-state index is 0.224. The molecule has 0 aliphatic rings. The molecular formula is C13H17NO3. The number of carbonyl (C=O) groups is 1. The van der Waals surface area contributed by atoms with Crippen LogP contribution in [0.2, 0.25) is 0 Å². The second-order valence-corrected chi connectivity index (χ2v) is 3.80. The highest BCUT2D eigenvalue weighted by molar-refractivity contribution is 5.83. The van der Waals surface area contributed by atoms with Crippen LogP contribution in [-0.4, -0.2) is 28.9 Å². The van der Waals surface area contributed by atoms with Gasteiger partial charge in [0.05, 0.1) is 0 Å². The number of benzene rings is 1. The monoisotopic (exact) mass is 235 g/mol. The van der Waals surface area contributed by atoms with Crippen molar-refractivity contribution in [1.29, 1.82) is 0 Å². The van der Waals surface area contributed by atoms with Crippen LogP contribution in [0.25, 0.3) is 0 Å². The lowest BCUT2D eigenvalue weighted by atomic mass is 10.2. The van der Waals surface area contributed by atoms with E-state index in [1.807, 2.05) is 6.07 Å². The molecule has 0 aliphatic heterocycles. The second-order valence-electron chi connectivity index (χ2n) is 3.80. The number of aliphatic imine (C=N–C) groups is 1. The molecule has 1 rings (SSSR count). The first-order valence-corrected chi connectivity index (χ1v) is 5.70. The Morgan fingerprint density at radius 1 is 1.24 bits per heavy atom. The van der Waals surface area contributed by atoms with Gasteiger partial charge in [0.1, 0.15) is 5.75 Å². The van der Waals surface area contributed by atoms with E-state index in [9.17, 15) is 9.90 Å². The van der Waals surface area contributed by atoms with Crippen molar-refractivity contribution in [3.05, 3.63) is 29.8 Å². The number of phenolic OH excluding ortho intramolecular Hbond substituents is 1. The Morgan fingerprint density at radius 3 is 2.71 bits per heavy atom. The lowest BCUT2D eigenvalue weighted by Crippen LogP contribution is -1.94. The van der Waals surface area contributed by atoms with Gasteiger partial charge in [-0.2, -0.15) is 0 Å². The number of aromatic hydroxyl groups is 1. The third-order valence-corrected chi connectivity index (χ3v) is 2.34. The maximum absolute atomic E-state index is 10.3. The van der Waals surface area contributed by atoms with E-state index in [0.717, 1.165) is 12.8 Å². The van der Waals surface area contributed by atoms with Crippen molar-refractivity contribution in [3.8, 4) is 5.75 Å². The maximum atomic E-state index is 10.3. The normalized spacial score (nSPS) is 10.8. The van der Waals surface area contributed by atoms with Crippen LogP contribution in [0.1, 0.15) is 31.2 Å². The third kappa shape index (κ3) is 5.70. The summed E-state index contributed by atoms with van der Waals surface area (Å²) in [6.45, 7) is 0.661. The summed E-state index contributed by atoms with van der Waals surface area (Å²) in [7, 11) is 0. The van der Waals surface area contributed by atoms with E-state index in [1.165, 1.54) is 0 Å². The number of hydrogen-bond donors (Lipinski definition) is 2. The summed E-state index contributed by atoms with van der Waals surface area (Å²) < 4.78 is 0. The van der Waals surface area contributed by atoms with Crippen molar-refractivity contribution in [1.82, 2.24) is 0 Å². The lowest BCUT2D eigenvalue weighted by Gasteiger charge is -1.97. The van der Waals surface area contributed by atoms with Gasteiger partial charge in [0.2, 0.25) is 0 Å². The van der Waals surface area contributed by atoms with Gasteiger partial charge in [-0.25, -0.2) is 0 Å². The summed E-state index contributed by atoms with van der Waals surface area (Å²) in [6.07, 6.45) is 4.30. The zero-order valence-corrected chi connectivity index (χ0v) is 9.67. The lowest BCUT2D eigenvalue weighted by molar-refractivity contribution is -0.137. The predicted molar refractivity (Wildman–Crippen MR) is 66.7 cm³/mol. The summed E-state index contributed by atoms with van der Waals surface area (Å²) in [5.41, 5.74) is 0.707. The molecule has 0 bridgehead atoms. The summed E-state index contributed by atoms with van der Waals surface area (Å²) in [6, 6.07) is 7.02. The first kappa shape index (κ1) is 13.2. The van der Waals surface area contributed by atoms with Crippen molar-refractivity contribution < 1.29 is 15.0 Å². The Labute approximate surface area is 101 Å². The predicted octanol–water partition coefficient (Wildman–Crippen LogP) is 2.46. The number of rotatable bonds is 7. The highest BCUT2D eigenvalue weighted by atomic mass is 16.4. The van der Waals surface area contributed by atoms with Crippen molar-refractivity contribution in [3.63, 3.8) is 0 Å². The largest absolute Gasteiger partial charge is 0.507 e. The second kappa shape index (κ2) is 7.44. The molecular weight excluding hydrogens is 218 g/mol. The number of carboxylic acids is 1. The van der Waals surface area contributed by atoms with Gasteiger partial charge in [-0.05, 0) is 25.0 Å². The summed E-state index contributed by atoms with van der Waals surface area (Å²) >= 11 is 0. The van der Waals surface area contributed by atoms with Gasteiger partial charge in [-0.15, -0.1) is 0 Å². The minimum atomic E-state index is -0.747. The molecule has 1 aromatic rings. The zero-order chi connectivity index (χ0) is 12.5. The molecule has 0 saturated carbocycles. The van der Waals surface area contributed by atoms with Crippen LogP contribution >= 0.6 is 0 Å². The van der Waals surface area contributed by atoms with E-state index in [2.05, 4.69) is 4.99 Å². The minimum Gasteiger partial charge on any atom is -0.507 e. The van der Waals surface area contributed by atoms with Gasteiger partial charge in [0.15, 0.2) is 0 Å². The van der Waals surface area contributed by atoms with E-state index in [-0.39, 0.29) is 12.2 Å². The Bertz CT molecular complexity index is 388. The average Bonchev–Trinajstić information content (AvgIpc) is 2.30. The van der Waals surface area contributed by atoms with E-state index in [1.54, 1.807) is 24.4 Å². The molecule has 0 unspecified atom stereocenters. The van der Waals surface area contributed by atoms with Gasteiger partial charge in [0, 0.05) is 24.7 Å². The highest BCUT2D eigenvalue weighted by Gasteiger charge is 1.96. The van der Waals surface area contributed by atoms with Crippen LogP contribution in [0.4, 0.5) is 0 Å². The fourth-order valence-corrected chi connectivity index (χ4v) is 1.42. The SMILES string of the molecule is O=C(O)CCCCC/N=C/c1ccccc1O. The smallest absolute Gasteiger partial charge is 0.303 e. The topological polar surface area (TPSA) is 69.9 Å². The molecule has 0 fully saturated rings. The molecule has 0 amide bonds.